The molecule has 1 saturated heterocycles. The Morgan fingerprint density at radius 2 is 1.91 bits per heavy atom. The van der Waals surface area contributed by atoms with E-state index in [4.69, 9.17) is 0 Å². The number of imidazole rings is 1. The highest BCUT2D eigenvalue weighted by Gasteiger charge is 2.43. The number of carbonyl (C=O) groups excluding carboxylic acids is 1. The van der Waals surface area contributed by atoms with Crippen molar-refractivity contribution in [1.82, 2.24) is 19.4 Å². The highest BCUT2D eigenvalue weighted by Crippen LogP contribution is 2.30. The van der Waals surface area contributed by atoms with Crippen LogP contribution < -0.4 is 5.32 Å². The summed E-state index contributed by atoms with van der Waals surface area (Å²) in [5, 5.41) is 2.75. The number of nitrogens with one attached hydrogen (secondary N) is 1. The normalized spacial score (nSPS) is 15.4. The maximum absolute atomic E-state index is 14.8. The van der Waals surface area contributed by atoms with Crippen molar-refractivity contribution in [3.63, 3.8) is 0 Å². The SMILES string of the molecule is Cn1cnc2ccc(-c3c(F)cncc3C=CC(=O)Nc3ccc(CN4CC(F)(F)C4)cc3)cc21. The number of halogens is 3. The van der Waals surface area contributed by atoms with E-state index in [0.29, 0.717) is 28.9 Å². The first kappa shape index (κ1) is 22.8. The van der Waals surface area contributed by atoms with E-state index in [9.17, 15) is 18.0 Å². The summed E-state index contributed by atoms with van der Waals surface area (Å²) in [6.07, 6.45) is 7.18. The number of aryl methyl sites for hydroxylation is 1. The molecule has 2 aromatic carbocycles. The van der Waals surface area contributed by atoms with Gasteiger partial charge in [0.15, 0.2) is 0 Å². The lowest BCUT2D eigenvalue weighted by atomic mass is 10.00. The van der Waals surface area contributed by atoms with Crippen molar-refractivity contribution < 1.29 is 18.0 Å². The molecule has 1 aliphatic heterocycles. The van der Waals surface area contributed by atoms with Gasteiger partial charge in [0, 0.05) is 42.7 Å². The molecule has 1 aliphatic rings. The van der Waals surface area contributed by atoms with Gasteiger partial charge in [0.05, 0.1) is 36.6 Å². The van der Waals surface area contributed by atoms with E-state index in [1.54, 1.807) is 41.6 Å². The summed E-state index contributed by atoms with van der Waals surface area (Å²) in [7, 11) is 1.86. The van der Waals surface area contributed by atoms with Crippen LogP contribution in [-0.2, 0) is 18.4 Å². The van der Waals surface area contributed by atoms with E-state index in [0.717, 1.165) is 22.8 Å². The molecule has 5 rings (SSSR count). The first-order chi connectivity index (χ1) is 16.8. The van der Waals surface area contributed by atoms with Crippen LogP contribution in [0, 0.1) is 5.82 Å². The molecule has 1 fully saturated rings. The number of rotatable bonds is 6. The molecule has 1 N–H and O–H groups in total. The Hall–Kier alpha value is -3.98. The fraction of sp³-hybridized carbons (Fsp3) is 0.192. The minimum absolute atomic E-state index is 0.233. The van der Waals surface area contributed by atoms with Crippen molar-refractivity contribution in [2.75, 3.05) is 18.4 Å². The van der Waals surface area contributed by atoms with E-state index in [-0.39, 0.29) is 13.1 Å². The number of pyridine rings is 1. The summed E-state index contributed by atoms with van der Waals surface area (Å²) in [4.78, 5) is 22.4. The highest BCUT2D eigenvalue weighted by molar-refractivity contribution is 6.02. The average Bonchev–Trinajstić information content (AvgIpc) is 3.18. The predicted molar refractivity (Wildman–Crippen MR) is 128 cm³/mol. The molecule has 3 heterocycles. The van der Waals surface area contributed by atoms with Gasteiger partial charge in [0.25, 0.3) is 5.92 Å². The monoisotopic (exact) mass is 477 g/mol. The van der Waals surface area contributed by atoms with Crippen LogP contribution in [0.5, 0.6) is 0 Å². The molecular formula is C26H22F3N5O. The zero-order chi connectivity index (χ0) is 24.6. The molecule has 0 saturated carbocycles. The van der Waals surface area contributed by atoms with Gasteiger partial charge in [-0.1, -0.05) is 18.2 Å². The van der Waals surface area contributed by atoms with Crippen LogP contribution in [-0.4, -0.2) is 44.4 Å². The summed E-state index contributed by atoms with van der Waals surface area (Å²) in [6.45, 7) is -0.0318. The van der Waals surface area contributed by atoms with E-state index < -0.39 is 17.6 Å². The third-order valence-electron chi connectivity index (χ3n) is 5.89. The minimum atomic E-state index is -2.59. The Labute approximate surface area is 199 Å². The third-order valence-corrected chi connectivity index (χ3v) is 5.89. The largest absolute Gasteiger partial charge is 0.334 e. The van der Waals surface area contributed by atoms with Gasteiger partial charge >= 0.3 is 0 Å². The molecule has 1 amide bonds. The van der Waals surface area contributed by atoms with Crippen LogP contribution in [0.25, 0.3) is 28.2 Å². The van der Waals surface area contributed by atoms with Crippen LogP contribution >= 0.6 is 0 Å². The lowest BCUT2D eigenvalue weighted by Gasteiger charge is -2.38. The molecule has 4 aromatic rings. The number of carbonyl (C=O) groups is 1. The molecule has 9 heteroatoms. The number of likely N-dealkylation sites (tertiary alicyclic amines) is 1. The summed E-state index contributed by atoms with van der Waals surface area (Å²) < 4.78 is 42.6. The Kier molecular flexibility index (Phi) is 5.86. The lowest BCUT2D eigenvalue weighted by Crippen LogP contribution is -2.55. The topological polar surface area (TPSA) is 63.1 Å². The first-order valence-corrected chi connectivity index (χ1v) is 11.0. The highest BCUT2D eigenvalue weighted by atomic mass is 19.3. The predicted octanol–water partition coefficient (Wildman–Crippen LogP) is 4.88. The average molecular weight is 477 g/mol. The molecule has 178 valence electrons. The van der Waals surface area contributed by atoms with E-state index >= 15 is 0 Å². The smallest absolute Gasteiger partial charge is 0.272 e. The number of nitrogens with zero attached hydrogens (tertiary/aromatic N) is 4. The van der Waals surface area contributed by atoms with Crippen molar-refractivity contribution in [3.8, 4) is 11.1 Å². The second-order valence-corrected chi connectivity index (χ2v) is 8.67. The summed E-state index contributed by atoms with van der Waals surface area (Å²) >= 11 is 0. The van der Waals surface area contributed by atoms with Gasteiger partial charge in [0.1, 0.15) is 5.82 Å². The molecule has 0 unspecified atom stereocenters. The van der Waals surface area contributed by atoms with Gasteiger partial charge in [-0.15, -0.1) is 0 Å². The molecule has 0 atom stereocenters. The minimum Gasteiger partial charge on any atom is -0.334 e. The van der Waals surface area contributed by atoms with Gasteiger partial charge in [0.2, 0.25) is 5.91 Å². The second-order valence-electron chi connectivity index (χ2n) is 8.67. The van der Waals surface area contributed by atoms with E-state index in [1.165, 1.54) is 18.3 Å². The number of anilines is 1. The Morgan fingerprint density at radius 1 is 1.14 bits per heavy atom. The van der Waals surface area contributed by atoms with Crippen molar-refractivity contribution in [3.05, 3.63) is 84.2 Å². The summed E-state index contributed by atoms with van der Waals surface area (Å²) in [5.41, 5.74) is 4.56. The van der Waals surface area contributed by atoms with Gasteiger partial charge in [-0.3, -0.25) is 14.7 Å². The zero-order valence-electron chi connectivity index (χ0n) is 18.9. The van der Waals surface area contributed by atoms with Crippen molar-refractivity contribution in [1.29, 1.82) is 0 Å². The maximum Gasteiger partial charge on any atom is 0.272 e. The molecule has 6 nitrogen and oxygen atoms in total. The van der Waals surface area contributed by atoms with Crippen molar-refractivity contribution in [2.24, 2.45) is 7.05 Å². The number of aromatic nitrogens is 3. The third kappa shape index (κ3) is 4.95. The summed E-state index contributed by atoms with van der Waals surface area (Å²) in [5.74, 6) is -3.48. The molecule has 0 spiro atoms. The van der Waals surface area contributed by atoms with Gasteiger partial charge in [-0.2, -0.15) is 0 Å². The number of benzene rings is 2. The standard InChI is InChI=1S/C26H22F3N5O/c1-33-16-31-22-8-4-18(10-23(22)33)25-19(11-30-12-21(25)27)5-9-24(35)32-20-6-2-17(3-7-20)13-34-14-26(28,29)15-34/h2-12,16H,13-15H2,1H3,(H,32,35). The van der Waals surface area contributed by atoms with Crippen LogP contribution in [0.3, 0.4) is 0 Å². The van der Waals surface area contributed by atoms with Crippen LogP contribution in [0.2, 0.25) is 0 Å². The van der Waals surface area contributed by atoms with Crippen molar-refractivity contribution in [2.45, 2.75) is 12.5 Å². The number of hydrogen-bond donors (Lipinski definition) is 1. The fourth-order valence-electron chi connectivity index (χ4n) is 4.18. The second kappa shape index (κ2) is 8.99. The summed E-state index contributed by atoms with van der Waals surface area (Å²) in [6, 6.07) is 12.5. The quantitative estimate of drug-likeness (QED) is 0.402. The Bertz CT molecular complexity index is 1420. The van der Waals surface area contributed by atoms with E-state index in [1.807, 2.05) is 23.7 Å². The first-order valence-electron chi connectivity index (χ1n) is 11.0. The van der Waals surface area contributed by atoms with Crippen LogP contribution in [0.15, 0.2) is 67.3 Å². The Morgan fingerprint density at radius 3 is 2.66 bits per heavy atom. The van der Waals surface area contributed by atoms with Gasteiger partial charge < -0.3 is 9.88 Å². The molecule has 0 bridgehead atoms. The number of fused-ring (bicyclic) bond motifs is 1. The molecule has 2 aromatic heterocycles. The zero-order valence-corrected chi connectivity index (χ0v) is 18.9. The van der Waals surface area contributed by atoms with Gasteiger partial charge in [-0.25, -0.2) is 18.2 Å². The number of hydrogen-bond acceptors (Lipinski definition) is 4. The number of amides is 1. The van der Waals surface area contributed by atoms with Crippen LogP contribution in [0.4, 0.5) is 18.9 Å². The molecule has 0 radical (unpaired) electrons. The maximum atomic E-state index is 14.8. The van der Waals surface area contributed by atoms with E-state index in [2.05, 4.69) is 15.3 Å². The van der Waals surface area contributed by atoms with Gasteiger partial charge in [-0.05, 0) is 41.5 Å². The van der Waals surface area contributed by atoms with Crippen molar-refractivity contribution >= 4 is 28.7 Å². The lowest BCUT2D eigenvalue weighted by molar-refractivity contribution is -0.133. The molecular weight excluding hydrogens is 455 g/mol. The van der Waals surface area contributed by atoms with Crippen LogP contribution in [0.1, 0.15) is 11.1 Å². The Balaban J connectivity index is 1.29. The molecule has 35 heavy (non-hydrogen) atoms. The molecule has 0 aliphatic carbocycles. The fourth-order valence-corrected chi connectivity index (χ4v) is 4.18. The number of alkyl halides is 2.